The molecule has 0 atom stereocenters. The number of nitrogens with zero attached hydrogens (tertiary/aromatic N) is 2. The average molecular weight is 267 g/mol. The van der Waals surface area contributed by atoms with Crippen molar-refractivity contribution < 1.29 is 4.74 Å². The van der Waals surface area contributed by atoms with Gasteiger partial charge in [0.2, 0.25) is 0 Å². The summed E-state index contributed by atoms with van der Waals surface area (Å²) in [4.78, 5) is 4.08. The van der Waals surface area contributed by atoms with Gasteiger partial charge in [-0.2, -0.15) is 5.26 Å². The number of nitriles is 1. The molecule has 4 heteroatoms. The molecule has 0 saturated heterocycles. The second-order valence-electron chi connectivity index (χ2n) is 4.35. The van der Waals surface area contributed by atoms with E-state index in [1.54, 1.807) is 6.20 Å². The fourth-order valence-electron chi connectivity index (χ4n) is 1.74. The van der Waals surface area contributed by atoms with Crippen LogP contribution in [0.5, 0.6) is 5.75 Å². The number of anilines is 1. The van der Waals surface area contributed by atoms with Gasteiger partial charge in [-0.15, -0.1) is 0 Å². The third-order valence-corrected chi connectivity index (χ3v) is 2.76. The molecule has 0 spiro atoms. The van der Waals surface area contributed by atoms with Gasteiger partial charge in [0.05, 0.1) is 12.7 Å². The third-order valence-electron chi connectivity index (χ3n) is 2.76. The van der Waals surface area contributed by atoms with Crippen molar-refractivity contribution in [2.45, 2.75) is 19.4 Å². The summed E-state index contributed by atoms with van der Waals surface area (Å²) in [5, 5.41) is 11.8. The molecule has 0 aliphatic carbocycles. The summed E-state index contributed by atoms with van der Waals surface area (Å²) in [7, 11) is 0. The molecule has 102 valence electrons. The lowest BCUT2D eigenvalue weighted by molar-refractivity contribution is 0.313. The number of pyridine rings is 1. The summed E-state index contributed by atoms with van der Waals surface area (Å²) in [6, 6.07) is 13.9. The van der Waals surface area contributed by atoms with Crippen molar-refractivity contribution in [1.82, 2.24) is 4.98 Å². The van der Waals surface area contributed by atoms with E-state index in [1.165, 1.54) is 0 Å². The van der Waals surface area contributed by atoms with Crippen LogP contribution in [0.15, 0.2) is 48.8 Å². The van der Waals surface area contributed by atoms with Crippen molar-refractivity contribution in [3.8, 4) is 11.8 Å². The molecule has 1 aromatic carbocycles. The van der Waals surface area contributed by atoms with Crippen LogP contribution in [-0.4, -0.2) is 11.6 Å². The minimum atomic E-state index is 0.527. The third kappa shape index (κ3) is 4.62. The largest absolute Gasteiger partial charge is 0.493 e. The lowest BCUT2D eigenvalue weighted by atomic mass is 10.2. The molecule has 1 heterocycles. The van der Waals surface area contributed by atoms with E-state index in [-0.39, 0.29) is 0 Å². The Bertz CT molecular complexity index is 563. The first-order chi connectivity index (χ1) is 9.88. The second kappa shape index (κ2) is 7.80. The van der Waals surface area contributed by atoms with Crippen LogP contribution < -0.4 is 10.1 Å². The van der Waals surface area contributed by atoms with E-state index in [9.17, 15) is 0 Å². The Morgan fingerprint density at radius 3 is 3.00 bits per heavy atom. The Labute approximate surface area is 119 Å². The Kier molecular flexibility index (Phi) is 5.41. The first kappa shape index (κ1) is 13.9. The van der Waals surface area contributed by atoms with Crippen LogP contribution in [0.3, 0.4) is 0 Å². The van der Waals surface area contributed by atoms with Gasteiger partial charge < -0.3 is 10.1 Å². The van der Waals surface area contributed by atoms with E-state index in [2.05, 4.69) is 16.4 Å². The lowest BCUT2D eigenvalue weighted by Crippen LogP contribution is -2.01. The molecule has 0 amide bonds. The fourth-order valence-corrected chi connectivity index (χ4v) is 1.74. The number of aromatic nitrogens is 1. The zero-order valence-electron chi connectivity index (χ0n) is 11.2. The Morgan fingerprint density at radius 2 is 2.20 bits per heavy atom. The van der Waals surface area contributed by atoms with E-state index in [4.69, 9.17) is 10.00 Å². The summed E-state index contributed by atoms with van der Waals surface area (Å²) < 4.78 is 5.60. The van der Waals surface area contributed by atoms with Crippen LogP contribution >= 0.6 is 0 Å². The molecule has 0 saturated carbocycles. The SMILES string of the molecule is N#CCCCOc1cccc(NCc2cccnc2)c1. The first-order valence-electron chi connectivity index (χ1n) is 6.61. The second-order valence-corrected chi connectivity index (χ2v) is 4.35. The quantitative estimate of drug-likeness (QED) is 0.781. The summed E-state index contributed by atoms with van der Waals surface area (Å²) >= 11 is 0. The van der Waals surface area contributed by atoms with Crippen LogP contribution in [0.1, 0.15) is 18.4 Å². The molecule has 2 aromatic rings. The number of ether oxygens (including phenoxy) is 1. The first-order valence-corrected chi connectivity index (χ1v) is 6.61. The van der Waals surface area contributed by atoms with E-state index in [0.29, 0.717) is 13.0 Å². The summed E-state index contributed by atoms with van der Waals surface area (Å²) in [5.74, 6) is 0.819. The molecule has 1 aromatic heterocycles. The van der Waals surface area contributed by atoms with Crippen LogP contribution in [0.2, 0.25) is 0 Å². The van der Waals surface area contributed by atoms with Gasteiger partial charge in [-0.1, -0.05) is 12.1 Å². The molecule has 4 nitrogen and oxygen atoms in total. The predicted molar refractivity (Wildman–Crippen MR) is 78.3 cm³/mol. The van der Waals surface area contributed by atoms with Crippen molar-refractivity contribution >= 4 is 5.69 Å². The highest BCUT2D eigenvalue weighted by atomic mass is 16.5. The van der Waals surface area contributed by atoms with Crippen LogP contribution in [0.4, 0.5) is 5.69 Å². The topological polar surface area (TPSA) is 57.9 Å². The molecular formula is C16H17N3O. The molecule has 2 rings (SSSR count). The smallest absolute Gasteiger partial charge is 0.121 e. The Hall–Kier alpha value is -2.54. The molecule has 0 radical (unpaired) electrons. The maximum absolute atomic E-state index is 8.47. The lowest BCUT2D eigenvalue weighted by Gasteiger charge is -2.09. The number of nitrogens with one attached hydrogen (secondary N) is 1. The average Bonchev–Trinajstić information content (AvgIpc) is 2.51. The van der Waals surface area contributed by atoms with Gasteiger partial charge in [-0.3, -0.25) is 4.98 Å². The maximum atomic E-state index is 8.47. The van der Waals surface area contributed by atoms with Crippen LogP contribution in [-0.2, 0) is 6.54 Å². The Balaban J connectivity index is 1.85. The molecule has 0 aliphatic heterocycles. The van der Waals surface area contributed by atoms with Crippen molar-refractivity contribution in [1.29, 1.82) is 5.26 Å². The van der Waals surface area contributed by atoms with Gasteiger partial charge in [-0.25, -0.2) is 0 Å². The molecule has 0 aliphatic rings. The van der Waals surface area contributed by atoms with E-state index in [1.807, 2.05) is 42.6 Å². The van der Waals surface area contributed by atoms with Crippen molar-refractivity contribution in [2.24, 2.45) is 0 Å². The van der Waals surface area contributed by atoms with Gasteiger partial charge in [0.25, 0.3) is 0 Å². The van der Waals surface area contributed by atoms with Gasteiger partial charge in [0, 0.05) is 37.1 Å². The minimum absolute atomic E-state index is 0.527. The number of hydrogen-bond acceptors (Lipinski definition) is 4. The zero-order valence-corrected chi connectivity index (χ0v) is 11.2. The monoisotopic (exact) mass is 267 g/mol. The molecule has 20 heavy (non-hydrogen) atoms. The highest BCUT2D eigenvalue weighted by Gasteiger charge is 1.98. The van der Waals surface area contributed by atoms with Crippen molar-refractivity contribution in [3.05, 3.63) is 54.4 Å². The molecule has 0 fully saturated rings. The minimum Gasteiger partial charge on any atom is -0.493 e. The number of rotatable bonds is 7. The number of unbranched alkanes of at least 4 members (excludes halogenated alkanes) is 1. The molecule has 1 N–H and O–H groups in total. The van der Waals surface area contributed by atoms with Crippen molar-refractivity contribution in [3.63, 3.8) is 0 Å². The normalized spacial score (nSPS) is 9.75. The molecule has 0 unspecified atom stereocenters. The molecule has 0 bridgehead atoms. The fraction of sp³-hybridized carbons (Fsp3) is 0.250. The van der Waals surface area contributed by atoms with Gasteiger partial charge in [-0.05, 0) is 30.2 Å². The highest BCUT2D eigenvalue weighted by Crippen LogP contribution is 2.18. The highest BCUT2D eigenvalue weighted by molar-refractivity contribution is 5.48. The summed E-state index contributed by atoms with van der Waals surface area (Å²) in [5.41, 5.74) is 2.14. The van der Waals surface area contributed by atoms with E-state index < -0.39 is 0 Å². The van der Waals surface area contributed by atoms with Crippen LogP contribution in [0, 0.1) is 11.3 Å². The zero-order chi connectivity index (χ0) is 14.0. The van der Waals surface area contributed by atoms with E-state index >= 15 is 0 Å². The number of benzene rings is 1. The maximum Gasteiger partial charge on any atom is 0.121 e. The van der Waals surface area contributed by atoms with Gasteiger partial charge in [0.1, 0.15) is 5.75 Å². The van der Waals surface area contributed by atoms with Crippen molar-refractivity contribution in [2.75, 3.05) is 11.9 Å². The Morgan fingerprint density at radius 1 is 1.25 bits per heavy atom. The van der Waals surface area contributed by atoms with Gasteiger partial charge in [0.15, 0.2) is 0 Å². The standard InChI is InChI=1S/C16H17N3O/c17-8-1-2-10-20-16-7-3-6-15(11-16)19-13-14-5-4-9-18-12-14/h3-7,9,11-12,19H,1-2,10,13H2. The number of hydrogen-bond donors (Lipinski definition) is 1. The molecular weight excluding hydrogens is 250 g/mol. The predicted octanol–water partition coefficient (Wildman–Crippen LogP) is 3.38. The van der Waals surface area contributed by atoms with Gasteiger partial charge >= 0.3 is 0 Å². The van der Waals surface area contributed by atoms with E-state index in [0.717, 1.165) is 30.0 Å². The summed E-state index contributed by atoms with van der Waals surface area (Å²) in [6.45, 7) is 1.30. The van der Waals surface area contributed by atoms with Crippen LogP contribution in [0.25, 0.3) is 0 Å². The summed E-state index contributed by atoms with van der Waals surface area (Å²) in [6.07, 6.45) is 4.89.